The first-order chi connectivity index (χ1) is 9.69. The lowest BCUT2D eigenvalue weighted by Gasteiger charge is -2.27. The van der Waals surface area contributed by atoms with Gasteiger partial charge in [0.25, 0.3) is 0 Å². The van der Waals surface area contributed by atoms with Gasteiger partial charge in [0.15, 0.2) is 0 Å². The van der Waals surface area contributed by atoms with E-state index in [1.54, 1.807) is 27.7 Å². The molecule has 1 rings (SSSR count). The lowest BCUT2D eigenvalue weighted by Crippen LogP contribution is -2.47. The summed E-state index contributed by atoms with van der Waals surface area (Å²) in [4.78, 5) is 11.9. The van der Waals surface area contributed by atoms with E-state index in [0.29, 0.717) is 12.0 Å². The highest BCUT2D eigenvalue weighted by Crippen LogP contribution is 2.13. The largest absolute Gasteiger partial charge is 0.444 e. The lowest BCUT2D eigenvalue weighted by molar-refractivity contribution is 0.0449. The first-order valence-corrected chi connectivity index (χ1v) is 7.06. The third kappa shape index (κ3) is 6.45. The SMILES string of the molecule is C=C(C)[C@H](O)[C@H](Cc1ccccc1)NC(=O)OC(C)(C)C. The van der Waals surface area contributed by atoms with E-state index in [1.165, 1.54) is 0 Å². The summed E-state index contributed by atoms with van der Waals surface area (Å²) in [5.41, 5.74) is 1.06. The molecule has 0 unspecified atom stereocenters. The molecule has 0 aliphatic rings. The van der Waals surface area contributed by atoms with Crippen LogP contribution in [0.4, 0.5) is 4.79 Å². The van der Waals surface area contributed by atoms with Crippen LogP contribution >= 0.6 is 0 Å². The van der Waals surface area contributed by atoms with Gasteiger partial charge < -0.3 is 15.2 Å². The van der Waals surface area contributed by atoms with Crippen LogP contribution in [0.25, 0.3) is 0 Å². The Morgan fingerprint density at radius 3 is 2.38 bits per heavy atom. The van der Waals surface area contributed by atoms with Gasteiger partial charge in [-0.2, -0.15) is 0 Å². The number of alkyl carbamates (subject to hydrolysis) is 1. The summed E-state index contributed by atoms with van der Waals surface area (Å²) in [7, 11) is 0. The van der Waals surface area contributed by atoms with Crippen molar-refractivity contribution >= 4 is 6.09 Å². The molecule has 0 aliphatic carbocycles. The van der Waals surface area contributed by atoms with Gasteiger partial charge in [0.2, 0.25) is 0 Å². The zero-order chi connectivity index (χ0) is 16.0. The summed E-state index contributed by atoms with van der Waals surface area (Å²) in [6.45, 7) is 10.9. The Balaban J connectivity index is 2.78. The van der Waals surface area contributed by atoms with Crippen molar-refractivity contribution in [3.05, 3.63) is 48.0 Å². The molecule has 2 atom stereocenters. The molecule has 0 aromatic heterocycles. The standard InChI is InChI=1S/C17H25NO3/c1-12(2)15(19)14(11-13-9-7-6-8-10-13)18-16(20)21-17(3,4)5/h6-10,14-15,19H,1,11H2,2-5H3,(H,18,20)/t14-,15-/m0/s1. The fraction of sp³-hybridized carbons (Fsp3) is 0.471. The summed E-state index contributed by atoms with van der Waals surface area (Å²) in [5.74, 6) is 0. The van der Waals surface area contributed by atoms with Gasteiger partial charge in [-0.25, -0.2) is 4.79 Å². The van der Waals surface area contributed by atoms with Gasteiger partial charge in [-0.1, -0.05) is 42.5 Å². The minimum atomic E-state index is -0.822. The lowest BCUT2D eigenvalue weighted by atomic mass is 9.98. The number of hydrogen-bond donors (Lipinski definition) is 2. The molecule has 0 spiro atoms. The monoisotopic (exact) mass is 291 g/mol. The van der Waals surface area contributed by atoms with Crippen molar-refractivity contribution in [2.24, 2.45) is 0 Å². The van der Waals surface area contributed by atoms with E-state index in [1.807, 2.05) is 30.3 Å². The zero-order valence-electron chi connectivity index (χ0n) is 13.2. The molecule has 0 aliphatic heterocycles. The molecule has 0 radical (unpaired) electrons. The maximum absolute atomic E-state index is 11.9. The average Bonchev–Trinajstić information content (AvgIpc) is 2.36. The number of rotatable bonds is 5. The number of ether oxygens (including phenoxy) is 1. The number of amides is 1. The van der Waals surface area contributed by atoms with Crippen molar-refractivity contribution < 1.29 is 14.6 Å². The molecule has 4 nitrogen and oxygen atoms in total. The van der Waals surface area contributed by atoms with Crippen LogP contribution < -0.4 is 5.32 Å². The summed E-state index contributed by atoms with van der Waals surface area (Å²) in [5, 5.41) is 13.0. The topological polar surface area (TPSA) is 58.6 Å². The average molecular weight is 291 g/mol. The number of benzene rings is 1. The highest BCUT2D eigenvalue weighted by atomic mass is 16.6. The van der Waals surface area contributed by atoms with Gasteiger partial charge in [0.1, 0.15) is 5.60 Å². The van der Waals surface area contributed by atoms with Crippen molar-refractivity contribution in [2.45, 2.75) is 51.9 Å². The predicted molar refractivity (Wildman–Crippen MR) is 84.1 cm³/mol. The van der Waals surface area contributed by atoms with Gasteiger partial charge in [-0.3, -0.25) is 0 Å². The Kier molecular flexibility index (Phi) is 5.97. The Bertz CT molecular complexity index is 477. The van der Waals surface area contributed by atoms with Crippen molar-refractivity contribution in [1.29, 1.82) is 0 Å². The maximum atomic E-state index is 11.9. The first kappa shape index (κ1) is 17.2. The van der Waals surface area contributed by atoms with E-state index in [0.717, 1.165) is 5.56 Å². The second-order valence-electron chi connectivity index (χ2n) is 6.23. The second kappa shape index (κ2) is 7.27. The number of aliphatic hydroxyl groups excluding tert-OH is 1. The van der Waals surface area contributed by atoms with Crippen LogP contribution in [0.5, 0.6) is 0 Å². The Morgan fingerprint density at radius 1 is 1.33 bits per heavy atom. The van der Waals surface area contributed by atoms with Crippen molar-refractivity contribution in [1.82, 2.24) is 5.32 Å². The Hall–Kier alpha value is -1.81. The normalized spacial score (nSPS) is 14.1. The van der Waals surface area contributed by atoms with Crippen LogP contribution in [-0.2, 0) is 11.2 Å². The molecule has 21 heavy (non-hydrogen) atoms. The number of aliphatic hydroxyl groups is 1. The number of nitrogens with one attached hydrogen (secondary N) is 1. The van der Waals surface area contributed by atoms with E-state index < -0.39 is 23.8 Å². The molecule has 1 aromatic carbocycles. The third-order valence-corrected chi connectivity index (χ3v) is 2.89. The predicted octanol–water partition coefficient (Wildman–Crippen LogP) is 3.06. The minimum Gasteiger partial charge on any atom is -0.444 e. The van der Waals surface area contributed by atoms with Gasteiger partial charge in [-0.05, 0) is 39.7 Å². The number of carbonyl (C=O) groups excluding carboxylic acids is 1. The smallest absolute Gasteiger partial charge is 0.407 e. The van der Waals surface area contributed by atoms with Gasteiger partial charge in [0, 0.05) is 0 Å². The molecule has 1 aromatic rings. The molecule has 4 heteroatoms. The van der Waals surface area contributed by atoms with E-state index in [-0.39, 0.29) is 0 Å². The quantitative estimate of drug-likeness (QED) is 0.820. The van der Waals surface area contributed by atoms with Gasteiger partial charge >= 0.3 is 6.09 Å². The summed E-state index contributed by atoms with van der Waals surface area (Å²) in [6, 6.07) is 9.21. The Labute approximate surface area is 126 Å². The number of carbonyl (C=O) groups is 1. The van der Waals surface area contributed by atoms with E-state index in [2.05, 4.69) is 11.9 Å². The molecular weight excluding hydrogens is 266 g/mol. The summed E-state index contributed by atoms with van der Waals surface area (Å²) >= 11 is 0. The second-order valence-corrected chi connectivity index (χ2v) is 6.23. The molecule has 116 valence electrons. The van der Waals surface area contributed by atoms with Crippen LogP contribution in [0.15, 0.2) is 42.5 Å². The summed E-state index contributed by atoms with van der Waals surface area (Å²) < 4.78 is 5.24. The molecular formula is C17H25NO3. The molecule has 0 bridgehead atoms. The van der Waals surface area contributed by atoms with E-state index >= 15 is 0 Å². The highest BCUT2D eigenvalue weighted by Gasteiger charge is 2.25. The summed E-state index contributed by atoms with van der Waals surface area (Å²) in [6.07, 6.45) is -0.852. The van der Waals surface area contributed by atoms with Crippen LogP contribution in [0.2, 0.25) is 0 Å². The van der Waals surface area contributed by atoms with Crippen molar-refractivity contribution in [2.75, 3.05) is 0 Å². The van der Waals surface area contributed by atoms with E-state index in [9.17, 15) is 9.90 Å². The van der Waals surface area contributed by atoms with Crippen LogP contribution in [0.1, 0.15) is 33.3 Å². The van der Waals surface area contributed by atoms with Crippen molar-refractivity contribution in [3.8, 4) is 0 Å². The zero-order valence-corrected chi connectivity index (χ0v) is 13.2. The van der Waals surface area contributed by atoms with E-state index in [4.69, 9.17) is 4.74 Å². The fourth-order valence-corrected chi connectivity index (χ4v) is 1.91. The molecule has 0 saturated carbocycles. The van der Waals surface area contributed by atoms with Crippen LogP contribution in [-0.4, -0.2) is 28.9 Å². The minimum absolute atomic E-state index is 0.472. The van der Waals surface area contributed by atoms with Gasteiger partial charge in [-0.15, -0.1) is 0 Å². The number of hydrogen-bond acceptors (Lipinski definition) is 3. The maximum Gasteiger partial charge on any atom is 0.407 e. The molecule has 2 N–H and O–H groups in total. The highest BCUT2D eigenvalue weighted by molar-refractivity contribution is 5.68. The molecule has 1 amide bonds. The third-order valence-electron chi connectivity index (χ3n) is 2.89. The molecule has 0 saturated heterocycles. The van der Waals surface area contributed by atoms with Crippen LogP contribution in [0, 0.1) is 0 Å². The van der Waals surface area contributed by atoms with Gasteiger partial charge in [0.05, 0.1) is 12.1 Å². The van der Waals surface area contributed by atoms with Crippen LogP contribution in [0.3, 0.4) is 0 Å². The molecule has 0 heterocycles. The van der Waals surface area contributed by atoms with Crippen molar-refractivity contribution in [3.63, 3.8) is 0 Å². The first-order valence-electron chi connectivity index (χ1n) is 7.06. The fourth-order valence-electron chi connectivity index (χ4n) is 1.91. The Morgan fingerprint density at radius 2 is 1.90 bits per heavy atom. The molecule has 0 fully saturated rings.